The lowest BCUT2D eigenvalue weighted by Gasteiger charge is -2.40. The van der Waals surface area contributed by atoms with Crippen molar-refractivity contribution in [2.75, 3.05) is 31.1 Å². The number of nitrogens with one attached hydrogen (secondary N) is 1. The lowest BCUT2D eigenvalue weighted by molar-refractivity contribution is -0.384. The van der Waals surface area contributed by atoms with Crippen LogP contribution in [0.1, 0.15) is 43.8 Å². The Labute approximate surface area is 213 Å². The number of rotatable bonds is 5. The highest BCUT2D eigenvalue weighted by molar-refractivity contribution is 5.82. The Morgan fingerprint density at radius 2 is 1.76 bits per heavy atom. The standard InChI is InChI=1S/C26H30N8O3/c1-17-6-5-7-18-16-21(25(35)27-22(17)18)23(24-28-29-30-33(24)26(2,3)4)32-14-12-31(13-15-32)19-8-10-20(11-9-19)34(36)37/h5-11,16,23H,12-15H2,1-4H3,(H,27,35)/t23-/m0/s1. The van der Waals surface area contributed by atoms with Gasteiger partial charge >= 0.3 is 0 Å². The average molecular weight is 503 g/mol. The van der Waals surface area contributed by atoms with Crippen molar-refractivity contribution in [1.29, 1.82) is 0 Å². The number of aromatic nitrogens is 5. The summed E-state index contributed by atoms with van der Waals surface area (Å²) in [6.07, 6.45) is 0. The van der Waals surface area contributed by atoms with E-state index >= 15 is 0 Å². The van der Waals surface area contributed by atoms with Crippen LogP contribution < -0.4 is 10.5 Å². The van der Waals surface area contributed by atoms with Crippen LogP contribution in [0.4, 0.5) is 11.4 Å². The minimum Gasteiger partial charge on any atom is -0.369 e. The predicted molar refractivity (Wildman–Crippen MR) is 141 cm³/mol. The fourth-order valence-electron chi connectivity index (χ4n) is 4.97. The third-order valence-electron chi connectivity index (χ3n) is 6.89. The molecule has 1 aliphatic rings. The third-order valence-corrected chi connectivity index (χ3v) is 6.89. The number of hydrogen-bond acceptors (Lipinski definition) is 8. The molecule has 0 unspecified atom stereocenters. The van der Waals surface area contributed by atoms with Gasteiger partial charge in [-0.2, -0.15) is 0 Å². The number of para-hydroxylation sites is 1. The summed E-state index contributed by atoms with van der Waals surface area (Å²) < 4.78 is 1.79. The molecule has 3 heterocycles. The topological polar surface area (TPSA) is 126 Å². The molecule has 11 nitrogen and oxygen atoms in total. The van der Waals surface area contributed by atoms with Gasteiger partial charge in [0, 0.05) is 49.6 Å². The Bertz CT molecular complexity index is 1500. The van der Waals surface area contributed by atoms with Crippen LogP contribution in [-0.4, -0.2) is 61.2 Å². The molecule has 2 aromatic heterocycles. The first-order chi connectivity index (χ1) is 17.6. The van der Waals surface area contributed by atoms with Gasteiger partial charge < -0.3 is 9.88 Å². The number of fused-ring (bicyclic) bond motifs is 1. The van der Waals surface area contributed by atoms with E-state index in [1.807, 2.05) is 52.0 Å². The molecule has 2 aromatic carbocycles. The van der Waals surface area contributed by atoms with Crippen LogP contribution in [0.15, 0.2) is 53.3 Å². The maximum atomic E-state index is 13.5. The number of non-ortho nitro benzene ring substituents is 1. The second kappa shape index (κ2) is 9.40. The quantitative estimate of drug-likeness (QED) is 0.325. The Morgan fingerprint density at radius 3 is 2.41 bits per heavy atom. The largest absolute Gasteiger partial charge is 0.369 e. The summed E-state index contributed by atoms with van der Waals surface area (Å²) in [5.41, 5.74) is 2.90. The summed E-state index contributed by atoms with van der Waals surface area (Å²) in [7, 11) is 0. The summed E-state index contributed by atoms with van der Waals surface area (Å²) >= 11 is 0. The summed E-state index contributed by atoms with van der Waals surface area (Å²) in [6, 6.07) is 14.1. The number of nitro groups is 1. The van der Waals surface area contributed by atoms with E-state index in [0.29, 0.717) is 37.6 Å². The van der Waals surface area contributed by atoms with E-state index < -0.39 is 11.0 Å². The van der Waals surface area contributed by atoms with Gasteiger partial charge in [0.2, 0.25) is 0 Å². The third kappa shape index (κ3) is 4.69. The molecule has 0 spiro atoms. The van der Waals surface area contributed by atoms with Crippen LogP contribution in [0.2, 0.25) is 0 Å². The smallest absolute Gasteiger partial charge is 0.269 e. The predicted octanol–water partition coefficient (Wildman–Crippen LogP) is 3.40. The van der Waals surface area contributed by atoms with Crippen molar-refractivity contribution in [3.63, 3.8) is 0 Å². The number of anilines is 1. The first-order valence-corrected chi connectivity index (χ1v) is 12.3. The number of pyridine rings is 1. The maximum Gasteiger partial charge on any atom is 0.269 e. The minimum absolute atomic E-state index is 0.0715. The molecule has 5 rings (SSSR count). The Hall–Kier alpha value is -4.12. The zero-order chi connectivity index (χ0) is 26.3. The van der Waals surface area contributed by atoms with E-state index in [9.17, 15) is 14.9 Å². The molecule has 1 fully saturated rings. The van der Waals surface area contributed by atoms with Crippen molar-refractivity contribution in [2.45, 2.75) is 39.3 Å². The Morgan fingerprint density at radius 1 is 1.05 bits per heavy atom. The molecule has 1 N–H and O–H groups in total. The molecular formula is C26H30N8O3. The molecule has 1 atom stereocenters. The normalized spacial score (nSPS) is 15.7. The number of benzene rings is 2. The average Bonchev–Trinajstić information content (AvgIpc) is 3.36. The molecular weight excluding hydrogens is 472 g/mol. The molecule has 1 saturated heterocycles. The van der Waals surface area contributed by atoms with E-state index in [1.165, 1.54) is 12.1 Å². The lowest BCUT2D eigenvalue weighted by Crippen LogP contribution is -2.49. The first-order valence-electron chi connectivity index (χ1n) is 12.3. The number of aryl methyl sites for hydroxylation is 1. The van der Waals surface area contributed by atoms with Gasteiger partial charge in [-0.1, -0.05) is 18.2 Å². The highest BCUT2D eigenvalue weighted by atomic mass is 16.6. The number of hydrogen-bond donors (Lipinski definition) is 1. The van der Waals surface area contributed by atoms with Crippen LogP contribution >= 0.6 is 0 Å². The number of aromatic amines is 1. The van der Waals surface area contributed by atoms with Gasteiger partial charge in [0.1, 0.15) is 6.04 Å². The number of piperazine rings is 1. The Kier molecular flexibility index (Phi) is 6.24. The molecule has 11 heteroatoms. The van der Waals surface area contributed by atoms with E-state index in [-0.39, 0.29) is 16.8 Å². The van der Waals surface area contributed by atoms with Gasteiger partial charge in [-0.25, -0.2) is 4.68 Å². The van der Waals surface area contributed by atoms with E-state index in [0.717, 1.165) is 22.2 Å². The van der Waals surface area contributed by atoms with Gasteiger partial charge in [0.15, 0.2) is 5.82 Å². The lowest BCUT2D eigenvalue weighted by atomic mass is 10.00. The summed E-state index contributed by atoms with van der Waals surface area (Å²) in [5, 5.41) is 24.6. The molecule has 192 valence electrons. The van der Waals surface area contributed by atoms with Crippen molar-refractivity contribution in [3.8, 4) is 0 Å². The van der Waals surface area contributed by atoms with Crippen molar-refractivity contribution >= 4 is 22.3 Å². The molecule has 37 heavy (non-hydrogen) atoms. The molecule has 1 aliphatic heterocycles. The zero-order valence-corrected chi connectivity index (χ0v) is 21.4. The number of tetrazole rings is 1. The molecule has 4 aromatic rings. The highest BCUT2D eigenvalue weighted by Crippen LogP contribution is 2.31. The van der Waals surface area contributed by atoms with Crippen molar-refractivity contribution < 1.29 is 4.92 Å². The monoisotopic (exact) mass is 502 g/mol. The fraction of sp³-hybridized carbons (Fsp3) is 0.385. The minimum atomic E-state index is -0.443. The van der Waals surface area contributed by atoms with Gasteiger partial charge in [-0.05, 0) is 67.3 Å². The number of nitrogens with zero attached hydrogens (tertiary/aromatic N) is 7. The maximum absolute atomic E-state index is 13.5. The van der Waals surface area contributed by atoms with Gasteiger partial charge in [-0.3, -0.25) is 19.8 Å². The molecule has 0 amide bonds. The fourth-order valence-corrected chi connectivity index (χ4v) is 4.97. The Balaban J connectivity index is 1.52. The van der Waals surface area contributed by atoms with Crippen LogP contribution in [0.3, 0.4) is 0 Å². The second-order valence-corrected chi connectivity index (χ2v) is 10.4. The summed E-state index contributed by atoms with van der Waals surface area (Å²) in [6.45, 7) is 10.8. The van der Waals surface area contributed by atoms with Crippen LogP contribution in [0.5, 0.6) is 0 Å². The number of nitro benzene ring substituents is 1. The number of H-pyrrole nitrogens is 1. The summed E-state index contributed by atoms with van der Waals surface area (Å²) in [4.78, 5) is 31.6. The first kappa shape index (κ1) is 24.6. The van der Waals surface area contributed by atoms with Gasteiger partial charge in [-0.15, -0.1) is 5.10 Å². The summed E-state index contributed by atoms with van der Waals surface area (Å²) in [5.74, 6) is 0.619. The van der Waals surface area contributed by atoms with Crippen LogP contribution in [0, 0.1) is 17.0 Å². The molecule has 0 radical (unpaired) electrons. The molecule has 0 bridgehead atoms. The van der Waals surface area contributed by atoms with E-state index in [2.05, 4.69) is 30.3 Å². The van der Waals surface area contributed by atoms with E-state index in [4.69, 9.17) is 0 Å². The SMILES string of the molecule is Cc1cccc2cc([C@@H](c3nnnn3C(C)(C)C)N3CCN(c4ccc([N+](=O)[O-])cc4)CC3)c(=O)[nH]c12. The van der Waals surface area contributed by atoms with Crippen molar-refractivity contribution in [1.82, 2.24) is 30.1 Å². The zero-order valence-electron chi connectivity index (χ0n) is 21.4. The van der Waals surface area contributed by atoms with Crippen LogP contribution in [0.25, 0.3) is 10.9 Å². The second-order valence-electron chi connectivity index (χ2n) is 10.4. The van der Waals surface area contributed by atoms with Crippen molar-refractivity contribution in [2.24, 2.45) is 0 Å². The highest BCUT2D eigenvalue weighted by Gasteiger charge is 2.35. The molecule has 0 saturated carbocycles. The van der Waals surface area contributed by atoms with Gasteiger partial charge in [0.05, 0.1) is 16.0 Å². The van der Waals surface area contributed by atoms with Crippen molar-refractivity contribution in [3.05, 3.63) is 86.0 Å². The molecule has 0 aliphatic carbocycles. The van der Waals surface area contributed by atoms with Crippen LogP contribution in [-0.2, 0) is 5.54 Å². The van der Waals surface area contributed by atoms with E-state index in [1.54, 1.807) is 16.8 Å². The van der Waals surface area contributed by atoms with Gasteiger partial charge in [0.25, 0.3) is 11.2 Å².